The lowest BCUT2D eigenvalue weighted by Crippen LogP contribution is -2.42. The largest absolute Gasteiger partial charge is 0.481 e. The Balaban J connectivity index is 2.57. The summed E-state index contributed by atoms with van der Waals surface area (Å²) in [6.07, 6.45) is 5.27. The van der Waals surface area contributed by atoms with Crippen LogP contribution in [-0.4, -0.2) is 35.1 Å². The van der Waals surface area contributed by atoms with Crippen molar-refractivity contribution in [1.82, 2.24) is 4.90 Å². The van der Waals surface area contributed by atoms with E-state index in [0.29, 0.717) is 6.04 Å². The molecule has 0 heterocycles. The van der Waals surface area contributed by atoms with Crippen LogP contribution in [0, 0.1) is 5.92 Å². The maximum absolute atomic E-state index is 11.1. The number of hydrogen-bond donors (Lipinski definition) is 1. The van der Waals surface area contributed by atoms with Crippen molar-refractivity contribution in [3.63, 3.8) is 0 Å². The van der Waals surface area contributed by atoms with Crippen molar-refractivity contribution in [2.75, 3.05) is 7.05 Å². The first-order chi connectivity index (χ1) is 7.07. The number of carboxylic acid groups (broad SMARTS) is 1. The van der Waals surface area contributed by atoms with Crippen molar-refractivity contribution in [2.45, 2.75) is 58.0 Å². The van der Waals surface area contributed by atoms with E-state index in [0.717, 1.165) is 32.1 Å². The van der Waals surface area contributed by atoms with E-state index in [1.165, 1.54) is 0 Å². The summed E-state index contributed by atoms with van der Waals surface area (Å²) in [5.74, 6) is -0.762. The predicted molar refractivity (Wildman–Crippen MR) is 60.9 cm³/mol. The molecule has 0 spiro atoms. The Labute approximate surface area is 92.5 Å². The first-order valence-corrected chi connectivity index (χ1v) is 6.02. The molecule has 3 atom stereocenters. The highest BCUT2D eigenvalue weighted by Crippen LogP contribution is 2.31. The first-order valence-electron chi connectivity index (χ1n) is 6.02. The minimum absolute atomic E-state index is 0.144. The maximum atomic E-state index is 11.1. The summed E-state index contributed by atoms with van der Waals surface area (Å²) in [5, 5.41) is 9.12. The van der Waals surface area contributed by atoms with Crippen molar-refractivity contribution >= 4 is 5.97 Å². The van der Waals surface area contributed by atoms with Crippen LogP contribution in [-0.2, 0) is 4.79 Å². The molecule has 0 saturated heterocycles. The van der Waals surface area contributed by atoms with Gasteiger partial charge in [0.2, 0.25) is 0 Å². The fourth-order valence-electron chi connectivity index (χ4n) is 2.66. The average molecular weight is 213 g/mol. The van der Waals surface area contributed by atoms with Gasteiger partial charge in [0.05, 0.1) is 5.92 Å². The molecule has 0 amide bonds. The third-order valence-electron chi connectivity index (χ3n) is 3.72. The van der Waals surface area contributed by atoms with Crippen LogP contribution < -0.4 is 0 Å². The van der Waals surface area contributed by atoms with Crippen molar-refractivity contribution in [3.05, 3.63) is 0 Å². The molecule has 0 radical (unpaired) electrons. The molecule has 0 aromatic carbocycles. The summed E-state index contributed by atoms with van der Waals surface area (Å²) in [6, 6.07) is 0.754. The van der Waals surface area contributed by atoms with Gasteiger partial charge in [0.15, 0.2) is 0 Å². The van der Waals surface area contributed by atoms with Gasteiger partial charge < -0.3 is 5.11 Å². The fraction of sp³-hybridized carbons (Fsp3) is 0.917. The molecular formula is C12H23NO2. The van der Waals surface area contributed by atoms with Gasteiger partial charge in [-0.2, -0.15) is 0 Å². The van der Waals surface area contributed by atoms with Crippen LogP contribution in [0.4, 0.5) is 0 Å². The molecule has 15 heavy (non-hydrogen) atoms. The Morgan fingerprint density at radius 1 is 1.53 bits per heavy atom. The smallest absolute Gasteiger partial charge is 0.308 e. The van der Waals surface area contributed by atoms with Crippen LogP contribution in [0.3, 0.4) is 0 Å². The summed E-state index contributed by atoms with van der Waals surface area (Å²) in [5.41, 5.74) is 0. The van der Waals surface area contributed by atoms with E-state index in [1.54, 1.807) is 0 Å². The summed E-state index contributed by atoms with van der Waals surface area (Å²) in [7, 11) is 2.08. The van der Waals surface area contributed by atoms with Gasteiger partial charge >= 0.3 is 5.97 Å². The topological polar surface area (TPSA) is 40.5 Å². The minimum Gasteiger partial charge on any atom is -0.481 e. The summed E-state index contributed by atoms with van der Waals surface area (Å²) in [4.78, 5) is 13.3. The molecule has 1 aliphatic carbocycles. The molecule has 88 valence electrons. The van der Waals surface area contributed by atoms with Gasteiger partial charge in [-0.15, -0.1) is 0 Å². The normalized spacial score (nSPS) is 28.3. The average Bonchev–Trinajstić information content (AvgIpc) is 2.65. The van der Waals surface area contributed by atoms with Crippen LogP contribution in [0.15, 0.2) is 0 Å². The summed E-state index contributed by atoms with van der Waals surface area (Å²) < 4.78 is 0. The number of nitrogens with zero attached hydrogens (tertiary/aromatic N) is 1. The van der Waals surface area contributed by atoms with E-state index in [1.807, 2.05) is 0 Å². The Bertz CT molecular complexity index is 218. The van der Waals surface area contributed by atoms with Gasteiger partial charge in [0, 0.05) is 12.1 Å². The maximum Gasteiger partial charge on any atom is 0.308 e. The lowest BCUT2D eigenvalue weighted by atomic mass is 10.0. The SMILES string of the molecule is CCCC(C)N(C)C1CCCC1C(=O)O. The molecule has 1 fully saturated rings. The molecule has 3 heteroatoms. The van der Waals surface area contributed by atoms with Crippen LogP contribution in [0.1, 0.15) is 46.0 Å². The van der Waals surface area contributed by atoms with Crippen LogP contribution in [0.2, 0.25) is 0 Å². The van der Waals surface area contributed by atoms with E-state index in [-0.39, 0.29) is 12.0 Å². The molecule has 1 rings (SSSR count). The number of aliphatic carboxylic acids is 1. The molecule has 0 aliphatic heterocycles. The highest BCUT2D eigenvalue weighted by molar-refractivity contribution is 5.71. The van der Waals surface area contributed by atoms with Crippen LogP contribution in [0.25, 0.3) is 0 Å². The summed E-state index contributed by atoms with van der Waals surface area (Å²) in [6.45, 7) is 4.37. The molecule has 0 bridgehead atoms. The zero-order valence-electron chi connectivity index (χ0n) is 10.1. The van der Waals surface area contributed by atoms with Gasteiger partial charge in [0.25, 0.3) is 0 Å². The van der Waals surface area contributed by atoms with Crippen molar-refractivity contribution in [1.29, 1.82) is 0 Å². The Hall–Kier alpha value is -0.570. The van der Waals surface area contributed by atoms with Gasteiger partial charge in [-0.05, 0) is 33.2 Å². The Kier molecular flexibility index (Phi) is 4.58. The van der Waals surface area contributed by atoms with E-state index >= 15 is 0 Å². The van der Waals surface area contributed by atoms with Gasteiger partial charge in [-0.25, -0.2) is 0 Å². The van der Waals surface area contributed by atoms with E-state index < -0.39 is 5.97 Å². The van der Waals surface area contributed by atoms with Gasteiger partial charge in [-0.1, -0.05) is 19.8 Å². The molecule has 1 aliphatic rings. The fourth-order valence-corrected chi connectivity index (χ4v) is 2.66. The van der Waals surface area contributed by atoms with Crippen LogP contribution >= 0.6 is 0 Å². The molecule has 0 aromatic rings. The Morgan fingerprint density at radius 2 is 2.20 bits per heavy atom. The second-order valence-electron chi connectivity index (χ2n) is 4.75. The lowest BCUT2D eigenvalue weighted by Gasteiger charge is -2.33. The number of rotatable bonds is 5. The zero-order valence-corrected chi connectivity index (χ0v) is 10.1. The van der Waals surface area contributed by atoms with Gasteiger partial charge in [0.1, 0.15) is 0 Å². The third-order valence-corrected chi connectivity index (χ3v) is 3.72. The predicted octanol–water partition coefficient (Wildman–Crippen LogP) is 2.36. The summed E-state index contributed by atoms with van der Waals surface area (Å²) >= 11 is 0. The highest BCUT2D eigenvalue weighted by Gasteiger charge is 2.36. The van der Waals surface area contributed by atoms with E-state index in [9.17, 15) is 4.79 Å². The molecule has 0 aromatic heterocycles. The number of carbonyl (C=O) groups is 1. The zero-order chi connectivity index (χ0) is 11.4. The van der Waals surface area contributed by atoms with Gasteiger partial charge in [-0.3, -0.25) is 9.69 Å². The Morgan fingerprint density at radius 3 is 2.73 bits per heavy atom. The molecule has 1 saturated carbocycles. The van der Waals surface area contributed by atoms with E-state index in [2.05, 4.69) is 25.8 Å². The van der Waals surface area contributed by atoms with Crippen molar-refractivity contribution in [3.8, 4) is 0 Å². The second kappa shape index (κ2) is 5.50. The second-order valence-corrected chi connectivity index (χ2v) is 4.75. The lowest BCUT2D eigenvalue weighted by molar-refractivity contribution is -0.143. The molecule has 1 N–H and O–H groups in total. The molecular weight excluding hydrogens is 190 g/mol. The molecule has 3 unspecified atom stereocenters. The van der Waals surface area contributed by atoms with E-state index in [4.69, 9.17) is 5.11 Å². The first kappa shape index (κ1) is 12.5. The van der Waals surface area contributed by atoms with Crippen molar-refractivity contribution in [2.24, 2.45) is 5.92 Å². The number of hydrogen-bond acceptors (Lipinski definition) is 2. The quantitative estimate of drug-likeness (QED) is 0.762. The monoisotopic (exact) mass is 213 g/mol. The highest BCUT2D eigenvalue weighted by atomic mass is 16.4. The standard InChI is InChI=1S/C12H23NO2/c1-4-6-9(2)13(3)11-8-5-7-10(11)12(14)15/h9-11H,4-8H2,1-3H3,(H,14,15). The molecule has 3 nitrogen and oxygen atoms in total. The minimum atomic E-state index is -0.618. The number of carboxylic acids is 1. The third kappa shape index (κ3) is 2.94. The van der Waals surface area contributed by atoms with Crippen LogP contribution in [0.5, 0.6) is 0 Å². The van der Waals surface area contributed by atoms with Crippen molar-refractivity contribution < 1.29 is 9.90 Å².